The van der Waals surface area contributed by atoms with Crippen molar-refractivity contribution in [2.75, 3.05) is 24.4 Å². The number of methoxy groups -OCH3 is 1. The van der Waals surface area contributed by atoms with Crippen LogP contribution in [0.25, 0.3) is 32.9 Å². The van der Waals surface area contributed by atoms with Crippen molar-refractivity contribution in [1.82, 2.24) is 4.98 Å². The highest BCUT2D eigenvalue weighted by Crippen LogP contribution is 2.54. The number of hydrogen-bond acceptors (Lipinski definition) is 6. The summed E-state index contributed by atoms with van der Waals surface area (Å²) in [5.41, 5.74) is 5.22. The Balaban J connectivity index is 1.76. The van der Waals surface area contributed by atoms with E-state index in [0.29, 0.717) is 33.1 Å². The van der Waals surface area contributed by atoms with Crippen LogP contribution in [0.2, 0.25) is 5.02 Å². The highest BCUT2D eigenvalue weighted by molar-refractivity contribution is 8.00. The Kier molecular flexibility index (Phi) is 6.13. The quantitative estimate of drug-likeness (QED) is 0.194. The van der Waals surface area contributed by atoms with Crippen molar-refractivity contribution in [3.63, 3.8) is 0 Å². The summed E-state index contributed by atoms with van der Waals surface area (Å²) in [4.78, 5) is 31.5. The Bertz CT molecular complexity index is 1760. The largest absolute Gasteiger partial charge is 0.465 e. The lowest BCUT2D eigenvalue weighted by molar-refractivity contribution is 0.0602. The molecular formula is C29H22ClN3O4S. The van der Waals surface area contributed by atoms with Gasteiger partial charge in [-0.15, -0.1) is 0 Å². The molecule has 3 N–H and O–H groups in total. The standard InChI is InChI=1S/C29H22ClN3O4S/c1-3-37-29(35)33-19-13-12-15(30)14-17(19)22-23-16-8-4-5-9-18(16)31-25(23)27-26(24(22)28(34)36-2)32-20-10-6-7-11-21(20)38-27/h4-14,31-32H,3H2,1-2H3,(H,33,35). The number of aromatic amines is 1. The second-order valence-corrected chi connectivity index (χ2v) is 10.1. The molecule has 190 valence electrons. The molecule has 0 aliphatic carbocycles. The van der Waals surface area contributed by atoms with Crippen LogP contribution in [0, 0.1) is 0 Å². The Labute approximate surface area is 227 Å². The van der Waals surface area contributed by atoms with Gasteiger partial charge in [-0.25, -0.2) is 9.59 Å². The molecule has 5 aromatic rings. The van der Waals surface area contributed by atoms with Crippen LogP contribution in [0.1, 0.15) is 17.3 Å². The summed E-state index contributed by atoms with van der Waals surface area (Å²) in [7, 11) is 1.36. The van der Waals surface area contributed by atoms with Crippen molar-refractivity contribution in [2.24, 2.45) is 0 Å². The smallest absolute Gasteiger partial charge is 0.411 e. The summed E-state index contributed by atoms with van der Waals surface area (Å²) in [5, 5.41) is 8.49. The third-order valence-corrected chi connectivity index (χ3v) is 7.84. The van der Waals surface area contributed by atoms with Gasteiger partial charge in [0.1, 0.15) is 0 Å². The lowest BCUT2D eigenvalue weighted by atomic mass is 9.91. The molecule has 4 aromatic carbocycles. The maximum Gasteiger partial charge on any atom is 0.411 e. The number of rotatable bonds is 4. The minimum absolute atomic E-state index is 0.217. The van der Waals surface area contributed by atoms with Crippen molar-refractivity contribution < 1.29 is 19.1 Å². The molecule has 0 unspecified atom stereocenters. The van der Waals surface area contributed by atoms with Crippen LogP contribution in [-0.4, -0.2) is 30.8 Å². The van der Waals surface area contributed by atoms with Gasteiger partial charge in [-0.3, -0.25) is 5.32 Å². The lowest BCUT2D eigenvalue weighted by Gasteiger charge is -2.26. The molecule has 0 radical (unpaired) electrons. The molecular weight excluding hydrogens is 522 g/mol. The predicted octanol–water partition coefficient (Wildman–Crippen LogP) is 8.20. The Morgan fingerprint density at radius 2 is 1.84 bits per heavy atom. The first-order chi connectivity index (χ1) is 18.5. The molecule has 0 saturated heterocycles. The normalized spacial score (nSPS) is 12.0. The van der Waals surface area contributed by atoms with Crippen LogP contribution in [0.15, 0.2) is 76.5 Å². The number of amides is 1. The molecule has 1 aromatic heterocycles. The number of esters is 1. The number of ether oxygens (including phenoxy) is 2. The van der Waals surface area contributed by atoms with Crippen molar-refractivity contribution in [3.05, 3.63) is 77.3 Å². The van der Waals surface area contributed by atoms with Crippen LogP contribution in [0.3, 0.4) is 0 Å². The van der Waals surface area contributed by atoms with Crippen LogP contribution in [0.5, 0.6) is 0 Å². The first-order valence-corrected chi connectivity index (χ1v) is 13.2. The fraction of sp³-hybridized carbons (Fsp3) is 0.103. The second-order valence-electron chi connectivity index (χ2n) is 8.62. The van der Waals surface area contributed by atoms with Crippen LogP contribution < -0.4 is 10.6 Å². The molecule has 0 spiro atoms. The third kappa shape index (κ3) is 3.93. The third-order valence-electron chi connectivity index (χ3n) is 6.42. The first-order valence-electron chi connectivity index (χ1n) is 12.0. The molecule has 7 nitrogen and oxygen atoms in total. The summed E-state index contributed by atoms with van der Waals surface area (Å²) in [6.07, 6.45) is -0.605. The number of H-pyrrole nitrogens is 1. The van der Waals surface area contributed by atoms with Gasteiger partial charge in [-0.2, -0.15) is 0 Å². The van der Waals surface area contributed by atoms with E-state index < -0.39 is 12.1 Å². The number of carbonyl (C=O) groups excluding carboxylic acids is 2. The van der Waals surface area contributed by atoms with Gasteiger partial charge >= 0.3 is 12.1 Å². The Morgan fingerprint density at radius 1 is 1.05 bits per heavy atom. The monoisotopic (exact) mass is 543 g/mol. The average molecular weight is 544 g/mol. The topological polar surface area (TPSA) is 92.4 Å². The molecule has 0 saturated carbocycles. The summed E-state index contributed by atoms with van der Waals surface area (Å²) in [6.45, 7) is 1.95. The minimum Gasteiger partial charge on any atom is -0.465 e. The number of benzene rings is 4. The van der Waals surface area contributed by atoms with E-state index in [4.69, 9.17) is 21.1 Å². The summed E-state index contributed by atoms with van der Waals surface area (Å²) >= 11 is 8.08. The fourth-order valence-corrected chi connectivity index (χ4v) is 6.15. The molecule has 38 heavy (non-hydrogen) atoms. The number of halogens is 1. The van der Waals surface area contributed by atoms with Gasteiger partial charge in [-0.1, -0.05) is 53.7 Å². The van der Waals surface area contributed by atoms with Crippen LogP contribution in [0.4, 0.5) is 21.9 Å². The van der Waals surface area contributed by atoms with E-state index in [1.54, 1.807) is 36.9 Å². The van der Waals surface area contributed by atoms with Gasteiger partial charge in [0.05, 0.1) is 46.8 Å². The van der Waals surface area contributed by atoms with E-state index in [0.717, 1.165) is 37.3 Å². The van der Waals surface area contributed by atoms with Gasteiger partial charge in [-0.05, 0) is 43.3 Å². The number of anilines is 3. The van der Waals surface area contributed by atoms with Crippen LogP contribution in [-0.2, 0) is 9.47 Å². The number of fused-ring (bicyclic) bond motifs is 6. The molecule has 1 amide bonds. The van der Waals surface area contributed by atoms with E-state index >= 15 is 0 Å². The molecule has 0 bridgehead atoms. The van der Waals surface area contributed by atoms with E-state index in [9.17, 15) is 9.59 Å². The number of aromatic nitrogens is 1. The molecule has 1 aliphatic heterocycles. The highest BCUT2D eigenvalue weighted by atomic mass is 35.5. The average Bonchev–Trinajstić information content (AvgIpc) is 3.32. The first kappa shape index (κ1) is 24.2. The maximum atomic E-state index is 13.6. The maximum absolute atomic E-state index is 13.6. The van der Waals surface area contributed by atoms with Crippen molar-refractivity contribution in [2.45, 2.75) is 16.7 Å². The zero-order valence-corrected chi connectivity index (χ0v) is 22.0. The molecule has 0 atom stereocenters. The minimum atomic E-state index is -0.605. The van der Waals surface area contributed by atoms with Gasteiger partial charge in [0.2, 0.25) is 0 Å². The molecule has 1 aliphatic rings. The van der Waals surface area contributed by atoms with E-state index in [1.807, 2.05) is 48.5 Å². The van der Waals surface area contributed by atoms with Crippen LogP contribution >= 0.6 is 23.4 Å². The van der Waals surface area contributed by atoms with Gasteiger partial charge in [0, 0.05) is 37.3 Å². The lowest BCUT2D eigenvalue weighted by Crippen LogP contribution is -2.15. The van der Waals surface area contributed by atoms with E-state index in [2.05, 4.69) is 15.6 Å². The number of nitrogens with one attached hydrogen (secondary N) is 3. The summed E-state index contributed by atoms with van der Waals surface area (Å²) in [5.74, 6) is -0.516. The van der Waals surface area contributed by atoms with E-state index in [1.165, 1.54) is 7.11 Å². The number of carbonyl (C=O) groups is 2. The SMILES string of the molecule is CCOC(=O)Nc1ccc(Cl)cc1-c1c(C(=O)OC)c2c(c3[nH]c4ccccc4c13)Sc1ccccc1N2. The zero-order valence-electron chi connectivity index (χ0n) is 20.5. The molecule has 6 rings (SSSR count). The van der Waals surface area contributed by atoms with Crippen molar-refractivity contribution >= 4 is 74.3 Å². The fourth-order valence-electron chi connectivity index (χ4n) is 4.87. The van der Waals surface area contributed by atoms with Gasteiger partial charge < -0.3 is 19.8 Å². The molecule has 0 fully saturated rings. The predicted molar refractivity (Wildman–Crippen MR) is 152 cm³/mol. The number of para-hydroxylation sites is 2. The number of hydrogen-bond donors (Lipinski definition) is 3. The van der Waals surface area contributed by atoms with Gasteiger partial charge in [0.15, 0.2) is 0 Å². The molecule has 9 heteroatoms. The Morgan fingerprint density at radius 3 is 2.66 bits per heavy atom. The Hall–Kier alpha value is -4.14. The summed E-state index contributed by atoms with van der Waals surface area (Å²) in [6, 6.07) is 21.0. The summed E-state index contributed by atoms with van der Waals surface area (Å²) < 4.78 is 10.5. The van der Waals surface area contributed by atoms with Gasteiger partial charge in [0.25, 0.3) is 0 Å². The zero-order chi connectivity index (χ0) is 26.4. The van der Waals surface area contributed by atoms with Crippen molar-refractivity contribution in [3.8, 4) is 11.1 Å². The highest BCUT2D eigenvalue weighted by Gasteiger charge is 2.32. The molecule has 2 heterocycles. The second kappa shape index (κ2) is 9.63. The van der Waals surface area contributed by atoms with Crippen molar-refractivity contribution in [1.29, 1.82) is 0 Å². The van der Waals surface area contributed by atoms with E-state index in [-0.39, 0.29) is 6.61 Å².